The molecule has 26 heavy (non-hydrogen) atoms. The molecular formula is C21H28N4O. The fourth-order valence-electron chi connectivity index (χ4n) is 3.13. The molecule has 1 heterocycles. The molecule has 138 valence electrons. The van der Waals surface area contributed by atoms with Gasteiger partial charge in [0, 0.05) is 38.4 Å². The maximum Gasteiger partial charge on any atom is 0.191 e. The quantitative estimate of drug-likeness (QED) is 0.457. The van der Waals surface area contributed by atoms with Crippen LogP contribution in [0.2, 0.25) is 0 Å². The van der Waals surface area contributed by atoms with Gasteiger partial charge in [-0.05, 0) is 37.1 Å². The Morgan fingerprint density at radius 1 is 1.12 bits per heavy atom. The van der Waals surface area contributed by atoms with Gasteiger partial charge in [-0.15, -0.1) is 0 Å². The molecule has 0 aliphatic carbocycles. The van der Waals surface area contributed by atoms with Gasteiger partial charge >= 0.3 is 0 Å². The van der Waals surface area contributed by atoms with E-state index >= 15 is 0 Å². The smallest absolute Gasteiger partial charge is 0.191 e. The number of ether oxygens (including phenoxy) is 1. The van der Waals surface area contributed by atoms with Crippen LogP contribution in [-0.2, 0) is 0 Å². The van der Waals surface area contributed by atoms with Crippen molar-refractivity contribution in [1.82, 2.24) is 10.6 Å². The number of anilines is 1. The average molecular weight is 352 g/mol. The number of nitrogens with one attached hydrogen (secondary N) is 2. The van der Waals surface area contributed by atoms with E-state index in [4.69, 9.17) is 4.74 Å². The van der Waals surface area contributed by atoms with E-state index in [0.717, 1.165) is 44.2 Å². The summed E-state index contributed by atoms with van der Waals surface area (Å²) in [5.74, 6) is 1.78. The van der Waals surface area contributed by atoms with E-state index in [1.54, 1.807) is 0 Å². The van der Waals surface area contributed by atoms with Crippen LogP contribution in [0.25, 0.3) is 0 Å². The highest BCUT2D eigenvalue weighted by Crippen LogP contribution is 2.19. The number of nitrogens with zero attached hydrogens (tertiary/aromatic N) is 2. The molecule has 3 rings (SSSR count). The molecule has 1 fully saturated rings. The van der Waals surface area contributed by atoms with Crippen molar-refractivity contribution in [2.45, 2.75) is 18.9 Å². The third-order valence-corrected chi connectivity index (χ3v) is 4.50. The summed E-state index contributed by atoms with van der Waals surface area (Å²) in [6, 6.07) is 20.9. The van der Waals surface area contributed by atoms with Crippen LogP contribution in [0.3, 0.4) is 0 Å². The molecule has 0 saturated carbocycles. The van der Waals surface area contributed by atoms with Crippen LogP contribution in [0.5, 0.6) is 5.75 Å². The first-order valence-corrected chi connectivity index (χ1v) is 9.30. The first kappa shape index (κ1) is 18.1. The number of hydrogen-bond acceptors (Lipinski definition) is 3. The zero-order valence-electron chi connectivity index (χ0n) is 15.4. The molecule has 5 heteroatoms. The second kappa shape index (κ2) is 9.70. The largest absolute Gasteiger partial charge is 0.494 e. The lowest BCUT2D eigenvalue weighted by molar-refractivity contribution is 0.311. The summed E-state index contributed by atoms with van der Waals surface area (Å²) in [4.78, 5) is 6.76. The highest BCUT2D eigenvalue weighted by molar-refractivity contribution is 5.80. The number of benzene rings is 2. The zero-order valence-corrected chi connectivity index (χ0v) is 15.4. The molecule has 1 atom stereocenters. The molecule has 2 N–H and O–H groups in total. The molecule has 1 aliphatic heterocycles. The normalized spacial score (nSPS) is 17.2. The van der Waals surface area contributed by atoms with Gasteiger partial charge in [0.25, 0.3) is 0 Å². The average Bonchev–Trinajstić information content (AvgIpc) is 3.17. The minimum Gasteiger partial charge on any atom is -0.494 e. The predicted molar refractivity (Wildman–Crippen MR) is 108 cm³/mol. The van der Waals surface area contributed by atoms with Crippen molar-refractivity contribution >= 4 is 11.6 Å². The van der Waals surface area contributed by atoms with Crippen LogP contribution in [-0.4, -0.2) is 45.3 Å². The van der Waals surface area contributed by atoms with E-state index in [1.165, 1.54) is 5.69 Å². The third kappa shape index (κ3) is 5.41. The van der Waals surface area contributed by atoms with Crippen molar-refractivity contribution in [2.24, 2.45) is 4.99 Å². The molecule has 0 amide bonds. The van der Waals surface area contributed by atoms with E-state index in [2.05, 4.69) is 50.9 Å². The molecule has 0 radical (unpaired) electrons. The van der Waals surface area contributed by atoms with Gasteiger partial charge in [-0.1, -0.05) is 36.4 Å². The van der Waals surface area contributed by atoms with Crippen molar-refractivity contribution in [2.75, 3.05) is 38.2 Å². The Balaban J connectivity index is 1.35. The lowest BCUT2D eigenvalue weighted by Crippen LogP contribution is -2.45. The van der Waals surface area contributed by atoms with E-state index in [-0.39, 0.29) is 0 Å². The molecule has 0 aromatic heterocycles. The fraction of sp³-hybridized carbons (Fsp3) is 0.381. The first-order chi connectivity index (χ1) is 12.8. The lowest BCUT2D eigenvalue weighted by Gasteiger charge is -2.20. The van der Waals surface area contributed by atoms with Gasteiger partial charge in [0.2, 0.25) is 0 Å². The monoisotopic (exact) mass is 352 g/mol. The van der Waals surface area contributed by atoms with Crippen LogP contribution in [0, 0.1) is 0 Å². The van der Waals surface area contributed by atoms with Gasteiger partial charge in [0.15, 0.2) is 5.96 Å². The molecule has 1 aliphatic rings. The molecule has 5 nitrogen and oxygen atoms in total. The van der Waals surface area contributed by atoms with Crippen LogP contribution in [0.15, 0.2) is 65.7 Å². The van der Waals surface area contributed by atoms with Crippen molar-refractivity contribution in [3.63, 3.8) is 0 Å². The van der Waals surface area contributed by atoms with Gasteiger partial charge in [-0.2, -0.15) is 0 Å². The maximum absolute atomic E-state index is 5.71. The third-order valence-electron chi connectivity index (χ3n) is 4.50. The Morgan fingerprint density at radius 2 is 1.85 bits per heavy atom. The Bertz CT molecular complexity index is 675. The topological polar surface area (TPSA) is 48.9 Å². The summed E-state index contributed by atoms with van der Waals surface area (Å²) in [6.45, 7) is 3.60. The summed E-state index contributed by atoms with van der Waals surface area (Å²) in [7, 11) is 1.82. The molecule has 1 saturated heterocycles. The Labute approximate surface area is 156 Å². The van der Waals surface area contributed by atoms with Gasteiger partial charge in [-0.3, -0.25) is 4.99 Å². The molecule has 1 unspecified atom stereocenters. The van der Waals surface area contributed by atoms with Crippen molar-refractivity contribution < 1.29 is 4.74 Å². The van der Waals surface area contributed by atoms with Gasteiger partial charge < -0.3 is 20.3 Å². The maximum atomic E-state index is 5.71. The van der Waals surface area contributed by atoms with Crippen LogP contribution < -0.4 is 20.3 Å². The molecule has 2 aromatic carbocycles. The van der Waals surface area contributed by atoms with Crippen LogP contribution in [0.4, 0.5) is 5.69 Å². The zero-order chi connectivity index (χ0) is 18.0. The van der Waals surface area contributed by atoms with Crippen LogP contribution >= 0.6 is 0 Å². The lowest BCUT2D eigenvalue weighted by atomic mass is 10.3. The van der Waals surface area contributed by atoms with Gasteiger partial charge in [0.1, 0.15) is 5.75 Å². The predicted octanol–water partition coefficient (Wildman–Crippen LogP) is 2.90. The van der Waals surface area contributed by atoms with Crippen molar-refractivity contribution in [3.05, 3.63) is 60.7 Å². The second-order valence-electron chi connectivity index (χ2n) is 6.43. The Morgan fingerprint density at radius 3 is 2.58 bits per heavy atom. The summed E-state index contributed by atoms with van der Waals surface area (Å²) in [6.07, 6.45) is 2.04. The fourth-order valence-corrected chi connectivity index (χ4v) is 3.13. The molecule has 0 bridgehead atoms. The number of aliphatic imine (C=N–C) groups is 1. The van der Waals surface area contributed by atoms with Crippen LogP contribution in [0.1, 0.15) is 12.8 Å². The number of hydrogen-bond donors (Lipinski definition) is 2. The van der Waals surface area contributed by atoms with E-state index in [9.17, 15) is 0 Å². The van der Waals surface area contributed by atoms with E-state index < -0.39 is 0 Å². The standard InChI is InChI=1S/C21H28N4O/c1-22-21(23-14-8-16-26-20-11-6-3-7-12-20)24-18-13-15-25(17-18)19-9-4-2-5-10-19/h2-7,9-12,18H,8,13-17H2,1H3,(H2,22,23,24). The number of para-hydroxylation sites is 2. The second-order valence-corrected chi connectivity index (χ2v) is 6.43. The van der Waals surface area contributed by atoms with E-state index in [1.807, 2.05) is 37.4 Å². The molecular weight excluding hydrogens is 324 g/mol. The highest BCUT2D eigenvalue weighted by atomic mass is 16.5. The van der Waals surface area contributed by atoms with Gasteiger partial charge in [0.05, 0.1) is 6.61 Å². The molecule has 0 spiro atoms. The first-order valence-electron chi connectivity index (χ1n) is 9.30. The number of rotatable bonds is 7. The summed E-state index contributed by atoms with van der Waals surface area (Å²) in [5, 5.41) is 6.91. The Kier molecular flexibility index (Phi) is 6.76. The van der Waals surface area contributed by atoms with Crippen molar-refractivity contribution in [3.8, 4) is 5.75 Å². The molecule has 2 aromatic rings. The summed E-state index contributed by atoms with van der Waals surface area (Å²) in [5.41, 5.74) is 1.29. The highest BCUT2D eigenvalue weighted by Gasteiger charge is 2.23. The number of guanidine groups is 1. The minimum atomic E-state index is 0.418. The van der Waals surface area contributed by atoms with Crippen molar-refractivity contribution in [1.29, 1.82) is 0 Å². The van der Waals surface area contributed by atoms with Gasteiger partial charge in [-0.25, -0.2) is 0 Å². The Hall–Kier alpha value is -2.69. The minimum absolute atomic E-state index is 0.418. The van der Waals surface area contributed by atoms with E-state index in [0.29, 0.717) is 12.6 Å². The summed E-state index contributed by atoms with van der Waals surface area (Å²) < 4.78 is 5.71. The summed E-state index contributed by atoms with van der Waals surface area (Å²) >= 11 is 0. The SMILES string of the molecule is CN=C(NCCCOc1ccccc1)NC1CCN(c2ccccc2)C1.